The van der Waals surface area contributed by atoms with Crippen molar-refractivity contribution in [3.63, 3.8) is 0 Å². The van der Waals surface area contributed by atoms with E-state index in [1.54, 1.807) is 0 Å². The van der Waals surface area contributed by atoms with Crippen molar-refractivity contribution < 1.29 is 13.5 Å². The first-order valence-corrected chi connectivity index (χ1v) is 7.29. The summed E-state index contributed by atoms with van der Waals surface area (Å²) in [5.41, 5.74) is 5.59. The van der Waals surface area contributed by atoms with Gasteiger partial charge in [0.05, 0.1) is 6.61 Å². The lowest BCUT2D eigenvalue weighted by atomic mass is 10.3. The van der Waals surface area contributed by atoms with Crippen LogP contribution < -0.4 is 5.73 Å². The molecule has 6 nitrogen and oxygen atoms in total. The Kier molecular flexibility index (Phi) is 5.52. The highest BCUT2D eigenvalue weighted by molar-refractivity contribution is 7.89. The zero-order valence-corrected chi connectivity index (χ0v) is 11.2. The van der Waals surface area contributed by atoms with Gasteiger partial charge in [-0.1, -0.05) is 13.3 Å². The molecule has 0 radical (unpaired) electrons. The maximum atomic E-state index is 12.3. The number of aliphatic hydroxyl groups excluding tert-OH is 1. The maximum absolute atomic E-state index is 12.3. The van der Waals surface area contributed by atoms with Crippen LogP contribution in [0, 0.1) is 0 Å². The van der Waals surface area contributed by atoms with Crippen LogP contribution in [-0.2, 0) is 10.0 Å². The topological polar surface area (TPSA) is 96.5 Å². The number of aliphatic hydroxyl groups is 1. The highest BCUT2D eigenvalue weighted by Crippen LogP contribution is 2.20. The van der Waals surface area contributed by atoms with Crippen molar-refractivity contribution >= 4 is 15.8 Å². The van der Waals surface area contributed by atoms with Crippen molar-refractivity contribution in [2.75, 3.05) is 25.4 Å². The van der Waals surface area contributed by atoms with Gasteiger partial charge in [0.15, 0.2) is 0 Å². The fourth-order valence-corrected chi connectivity index (χ4v) is 3.10. The summed E-state index contributed by atoms with van der Waals surface area (Å²) < 4.78 is 25.9. The molecule has 0 atom stereocenters. The zero-order valence-electron chi connectivity index (χ0n) is 10.4. The van der Waals surface area contributed by atoms with Gasteiger partial charge in [-0.15, -0.1) is 0 Å². The number of rotatable bonds is 7. The standard InChI is InChI=1S/C11H19N3O3S/c1-2-3-7-14(8-9-15)18(16,17)10-5-4-6-13-11(10)12/h4-6,15H,2-3,7-9H2,1H3,(H2,12,13). The third-order valence-corrected chi connectivity index (χ3v) is 4.47. The van der Waals surface area contributed by atoms with Gasteiger partial charge in [0.1, 0.15) is 10.7 Å². The van der Waals surface area contributed by atoms with Crippen molar-refractivity contribution in [1.82, 2.24) is 9.29 Å². The Morgan fingerprint density at radius 3 is 2.72 bits per heavy atom. The fraction of sp³-hybridized carbons (Fsp3) is 0.545. The fourth-order valence-electron chi connectivity index (χ4n) is 1.56. The molecular weight excluding hydrogens is 254 g/mol. The monoisotopic (exact) mass is 273 g/mol. The minimum absolute atomic E-state index is 0.00504. The summed E-state index contributed by atoms with van der Waals surface area (Å²) >= 11 is 0. The lowest BCUT2D eigenvalue weighted by Gasteiger charge is -2.21. The van der Waals surface area contributed by atoms with Crippen molar-refractivity contribution in [1.29, 1.82) is 0 Å². The van der Waals surface area contributed by atoms with Gasteiger partial charge in [-0.2, -0.15) is 4.31 Å². The average Bonchev–Trinajstić information content (AvgIpc) is 2.34. The number of nitrogen functional groups attached to an aromatic ring is 1. The van der Waals surface area contributed by atoms with E-state index in [1.807, 2.05) is 6.92 Å². The first kappa shape index (κ1) is 14.9. The second kappa shape index (κ2) is 6.67. The second-order valence-electron chi connectivity index (χ2n) is 3.87. The van der Waals surface area contributed by atoms with E-state index in [0.717, 1.165) is 12.8 Å². The molecule has 0 unspecified atom stereocenters. The van der Waals surface area contributed by atoms with Gasteiger partial charge < -0.3 is 10.8 Å². The van der Waals surface area contributed by atoms with E-state index in [9.17, 15) is 8.42 Å². The number of sulfonamides is 1. The molecule has 0 aliphatic carbocycles. The molecule has 7 heteroatoms. The molecule has 0 fully saturated rings. The van der Waals surface area contributed by atoms with Crippen molar-refractivity contribution in [3.05, 3.63) is 18.3 Å². The number of hydrogen-bond acceptors (Lipinski definition) is 5. The lowest BCUT2D eigenvalue weighted by Crippen LogP contribution is -2.35. The molecule has 3 N–H and O–H groups in total. The van der Waals surface area contributed by atoms with Gasteiger partial charge in [-0.25, -0.2) is 13.4 Å². The van der Waals surface area contributed by atoms with Crippen LogP contribution in [0.1, 0.15) is 19.8 Å². The summed E-state index contributed by atoms with van der Waals surface area (Å²) in [6.07, 6.45) is 3.05. The first-order valence-electron chi connectivity index (χ1n) is 5.85. The Morgan fingerprint density at radius 2 is 2.17 bits per heavy atom. The summed E-state index contributed by atoms with van der Waals surface area (Å²) in [6, 6.07) is 2.95. The highest BCUT2D eigenvalue weighted by Gasteiger charge is 2.25. The number of hydrogen-bond donors (Lipinski definition) is 2. The Balaban J connectivity index is 3.05. The van der Waals surface area contributed by atoms with Gasteiger partial charge in [-0.05, 0) is 18.6 Å². The van der Waals surface area contributed by atoms with E-state index in [2.05, 4.69) is 4.98 Å². The molecule has 18 heavy (non-hydrogen) atoms. The number of aromatic nitrogens is 1. The second-order valence-corrected chi connectivity index (χ2v) is 5.77. The molecule has 0 amide bonds. The van der Waals surface area contributed by atoms with Gasteiger partial charge in [-0.3, -0.25) is 0 Å². The minimum atomic E-state index is -3.68. The molecule has 1 aromatic rings. The number of pyridine rings is 1. The third kappa shape index (κ3) is 3.41. The van der Waals surface area contributed by atoms with E-state index in [0.29, 0.717) is 6.54 Å². The zero-order chi connectivity index (χ0) is 13.6. The van der Waals surface area contributed by atoms with Gasteiger partial charge >= 0.3 is 0 Å². The van der Waals surface area contributed by atoms with Crippen molar-refractivity contribution in [2.45, 2.75) is 24.7 Å². The molecule has 0 aliphatic heterocycles. The van der Waals surface area contributed by atoms with Crippen molar-refractivity contribution in [2.24, 2.45) is 0 Å². The Morgan fingerprint density at radius 1 is 1.44 bits per heavy atom. The van der Waals surface area contributed by atoms with Gasteiger partial charge in [0.25, 0.3) is 0 Å². The molecule has 1 aromatic heterocycles. The Bertz CT molecular complexity index is 476. The number of nitrogens with two attached hydrogens (primary N) is 1. The van der Waals surface area contributed by atoms with Crippen molar-refractivity contribution in [3.8, 4) is 0 Å². The highest BCUT2D eigenvalue weighted by atomic mass is 32.2. The summed E-state index contributed by atoms with van der Waals surface area (Å²) in [7, 11) is -3.68. The molecular formula is C11H19N3O3S. The Labute approximate surface area is 107 Å². The molecule has 0 spiro atoms. The van der Waals surface area contributed by atoms with Crippen LogP contribution in [0.2, 0.25) is 0 Å². The number of nitrogens with zero attached hydrogens (tertiary/aromatic N) is 2. The summed E-state index contributed by atoms with van der Waals surface area (Å²) in [5, 5.41) is 8.96. The van der Waals surface area contributed by atoms with Gasteiger partial charge in [0.2, 0.25) is 10.0 Å². The van der Waals surface area contributed by atoms with Crippen LogP contribution in [0.3, 0.4) is 0 Å². The molecule has 1 heterocycles. The third-order valence-electron chi connectivity index (χ3n) is 2.53. The van der Waals surface area contributed by atoms with E-state index < -0.39 is 10.0 Å². The average molecular weight is 273 g/mol. The van der Waals surface area contributed by atoms with E-state index in [4.69, 9.17) is 10.8 Å². The largest absolute Gasteiger partial charge is 0.395 e. The first-order chi connectivity index (χ1) is 8.54. The molecule has 102 valence electrons. The quantitative estimate of drug-likeness (QED) is 0.751. The van der Waals surface area contributed by atoms with E-state index in [1.165, 1.54) is 22.6 Å². The smallest absolute Gasteiger partial charge is 0.246 e. The number of anilines is 1. The van der Waals surface area contributed by atoms with Crippen LogP contribution in [0.4, 0.5) is 5.82 Å². The SMILES string of the molecule is CCCCN(CCO)S(=O)(=O)c1cccnc1N. The predicted octanol–water partition coefficient (Wildman–Crippen LogP) is 0.447. The van der Waals surface area contributed by atoms with E-state index in [-0.39, 0.29) is 23.9 Å². The number of unbranched alkanes of at least 4 members (excludes halogenated alkanes) is 1. The Hall–Kier alpha value is -1.18. The molecule has 0 aromatic carbocycles. The molecule has 0 bridgehead atoms. The predicted molar refractivity (Wildman–Crippen MR) is 69.4 cm³/mol. The maximum Gasteiger partial charge on any atom is 0.246 e. The normalized spacial score (nSPS) is 11.9. The van der Waals surface area contributed by atoms with Gasteiger partial charge in [0, 0.05) is 19.3 Å². The van der Waals surface area contributed by atoms with Crippen LogP contribution >= 0.6 is 0 Å². The molecule has 0 saturated heterocycles. The van der Waals surface area contributed by atoms with E-state index >= 15 is 0 Å². The summed E-state index contributed by atoms with van der Waals surface area (Å²) in [6.45, 7) is 2.19. The minimum Gasteiger partial charge on any atom is -0.395 e. The summed E-state index contributed by atoms with van der Waals surface area (Å²) in [4.78, 5) is 3.77. The summed E-state index contributed by atoms with van der Waals surface area (Å²) in [5.74, 6) is -0.0167. The lowest BCUT2D eigenvalue weighted by molar-refractivity contribution is 0.252. The molecule has 1 rings (SSSR count). The van der Waals surface area contributed by atoms with Crippen LogP contribution in [-0.4, -0.2) is 42.5 Å². The molecule has 0 saturated carbocycles. The van der Waals surface area contributed by atoms with Crippen LogP contribution in [0.5, 0.6) is 0 Å². The van der Waals surface area contributed by atoms with Crippen LogP contribution in [0.15, 0.2) is 23.2 Å². The van der Waals surface area contributed by atoms with Crippen LogP contribution in [0.25, 0.3) is 0 Å². The molecule has 0 aliphatic rings.